The molecule has 3 aliphatic heterocycles. The minimum atomic E-state index is -0.143. The zero-order chi connectivity index (χ0) is 10.3. The molecule has 1 aromatic carbocycles. The Morgan fingerprint density at radius 3 is 2.33 bits per heavy atom. The van der Waals surface area contributed by atoms with Crippen molar-refractivity contribution in [1.82, 2.24) is 4.90 Å². The molecule has 0 amide bonds. The van der Waals surface area contributed by atoms with Gasteiger partial charge in [-0.2, -0.15) is 0 Å². The van der Waals surface area contributed by atoms with E-state index in [1.54, 1.807) is 0 Å². The van der Waals surface area contributed by atoms with Crippen LogP contribution in [0.15, 0.2) is 30.3 Å². The number of carbonyl (C=O) groups excluding carboxylic acids is 1. The molecule has 4 rings (SSSR count). The fourth-order valence-electron chi connectivity index (χ4n) is 2.93. The van der Waals surface area contributed by atoms with Gasteiger partial charge in [-0.25, -0.2) is 0 Å². The number of rotatable bonds is 1. The smallest absolute Gasteiger partial charge is 0.157 e. The molecule has 0 atom stereocenters. The van der Waals surface area contributed by atoms with Gasteiger partial charge in [-0.15, -0.1) is 0 Å². The van der Waals surface area contributed by atoms with Gasteiger partial charge >= 0.3 is 0 Å². The van der Waals surface area contributed by atoms with E-state index in [2.05, 4.69) is 17.0 Å². The zero-order valence-corrected chi connectivity index (χ0v) is 8.78. The summed E-state index contributed by atoms with van der Waals surface area (Å²) in [5, 5.41) is 0. The maximum Gasteiger partial charge on any atom is 0.157 e. The van der Waals surface area contributed by atoms with Gasteiger partial charge < -0.3 is 0 Å². The van der Waals surface area contributed by atoms with E-state index in [-0.39, 0.29) is 5.41 Å². The molecule has 3 fully saturated rings. The Morgan fingerprint density at radius 1 is 1.07 bits per heavy atom. The third-order valence-corrected chi connectivity index (χ3v) is 3.94. The van der Waals surface area contributed by atoms with Crippen molar-refractivity contribution in [2.45, 2.75) is 18.3 Å². The maximum atomic E-state index is 12.1. The number of fused-ring (bicyclic) bond motifs is 3. The number of carbonyl (C=O) groups is 1. The Balaban J connectivity index is 2.05. The SMILES string of the molecule is O=C1CN2CCC1(c1ccccc1)CC2. The molecule has 0 saturated carbocycles. The first-order chi connectivity index (χ1) is 7.31. The van der Waals surface area contributed by atoms with Crippen LogP contribution in [0.5, 0.6) is 0 Å². The molecular formula is C13H15NO. The molecular weight excluding hydrogens is 186 g/mol. The molecule has 0 unspecified atom stereocenters. The van der Waals surface area contributed by atoms with Gasteiger partial charge in [0.15, 0.2) is 5.78 Å². The normalized spacial score (nSPS) is 34.4. The second-order valence-electron chi connectivity index (χ2n) is 4.65. The van der Waals surface area contributed by atoms with E-state index in [1.165, 1.54) is 5.56 Å². The third-order valence-electron chi connectivity index (χ3n) is 3.94. The topological polar surface area (TPSA) is 20.3 Å². The maximum absolute atomic E-state index is 12.1. The predicted octanol–water partition coefficient (Wildman–Crippen LogP) is 1.60. The Labute approximate surface area is 89.9 Å². The predicted molar refractivity (Wildman–Crippen MR) is 58.8 cm³/mol. The van der Waals surface area contributed by atoms with Crippen LogP contribution in [0.1, 0.15) is 18.4 Å². The standard InChI is InChI=1S/C13H15NO/c15-12-10-14-8-6-13(12,7-9-14)11-4-2-1-3-5-11/h1-5H,6-10H2. The molecule has 0 aromatic heterocycles. The molecule has 0 radical (unpaired) electrons. The molecule has 3 heterocycles. The van der Waals surface area contributed by atoms with Crippen LogP contribution in [0.4, 0.5) is 0 Å². The van der Waals surface area contributed by atoms with Gasteiger partial charge in [0, 0.05) is 0 Å². The highest BCUT2D eigenvalue weighted by molar-refractivity contribution is 5.93. The number of benzene rings is 1. The van der Waals surface area contributed by atoms with E-state index >= 15 is 0 Å². The number of ketones is 1. The van der Waals surface area contributed by atoms with E-state index in [0.29, 0.717) is 12.3 Å². The van der Waals surface area contributed by atoms with Crippen LogP contribution in [0.3, 0.4) is 0 Å². The quantitative estimate of drug-likeness (QED) is 0.688. The van der Waals surface area contributed by atoms with E-state index in [4.69, 9.17) is 0 Å². The van der Waals surface area contributed by atoms with Gasteiger partial charge in [0.1, 0.15) is 0 Å². The van der Waals surface area contributed by atoms with Crippen molar-refractivity contribution < 1.29 is 4.79 Å². The number of piperidine rings is 3. The number of Topliss-reactive ketones (excluding diaryl/α,β-unsaturated/α-hetero) is 1. The van der Waals surface area contributed by atoms with Crippen molar-refractivity contribution in [3.05, 3.63) is 35.9 Å². The van der Waals surface area contributed by atoms with Gasteiger partial charge in [-0.05, 0) is 31.5 Å². The van der Waals surface area contributed by atoms with Gasteiger partial charge in [0.2, 0.25) is 0 Å². The van der Waals surface area contributed by atoms with Gasteiger partial charge in [0.25, 0.3) is 0 Å². The fraction of sp³-hybridized carbons (Fsp3) is 0.462. The summed E-state index contributed by atoms with van der Waals surface area (Å²) < 4.78 is 0. The molecule has 2 bridgehead atoms. The summed E-state index contributed by atoms with van der Waals surface area (Å²) in [4.78, 5) is 14.4. The summed E-state index contributed by atoms with van der Waals surface area (Å²) in [6.45, 7) is 2.83. The molecule has 2 heteroatoms. The fourth-order valence-corrected chi connectivity index (χ4v) is 2.93. The number of hydrogen-bond donors (Lipinski definition) is 0. The van der Waals surface area contributed by atoms with Crippen LogP contribution in [0, 0.1) is 0 Å². The van der Waals surface area contributed by atoms with E-state index < -0.39 is 0 Å². The zero-order valence-electron chi connectivity index (χ0n) is 8.78. The van der Waals surface area contributed by atoms with E-state index in [0.717, 1.165) is 25.9 Å². The molecule has 0 spiro atoms. The lowest BCUT2D eigenvalue weighted by molar-refractivity contribution is -0.133. The summed E-state index contributed by atoms with van der Waals surface area (Å²) in [7, 11) is 0. The minimum Gasteiger partial charge on any atom is -0.297 e. The Hall–Kier alpha value is -1.15. The average Bonchev–Trinajstić information content (AvgIpc) is 2.32. The second-order valence-corrected chi connectivity index (χ2v) is 4.65. The first-order valence-corrected chi connectivity index (χ1v) is 5.62. The Kier molecular flexibility index (Phi) is 1.93. The van der Waals surface area contributed by atoms with E-state index in [1.807, 2.05) is 18.2 Å². The van der Waals surface area contributed by atoms with Crippen LogP contribution in [0.2, 0.25) is 0 Å². The molecule has 0 aliphatic carbocycles. The minimum absolute atomic E-state index is 0.143. The molecule has 15 heavy (non-hydrogen) atoms. The average molecular weight is 201 g/mol. The Morgan fingerprint density at radius 2 is 1.73 bits per heavy atom. The Bertz CT molecular complexity index is 377. The lowest BCUT2D eigenvalue weighted by Gasteiger charge is -2.47. The molecule has 3 saturated heterocycles. The first-order valence-electron chi connectivity index (χ1n) is 5.62. The second kappa shape index (κ2) is 3.17. The van der Waals surface area contributed by atoms with Crippen LogP contribution in [0.25, 0.3) is 0 Å². The van der Waals surface area contributed by atoms with Crippen LogP contribution in [-0.2, 0) is 10.2 Å². The first kappa shape index (κ1) is 9.10. The van der Waals surface area contributed by atoms with Crippen molar-refractivity contribution in [2.24, 2.45) is 0 Å². The molecule has 78 valence electrons. The van der Waals surface area contributed by atoms with Crippen molar-refractivity contribution >= 4 is 5.78 Å². The van der Waals surface area contributed by atoms with Gasteiger partial charge in [0.05, 0.1) is 12.0 Å². The van der Waals surface area contributed by atoms with Crippen molar-refractivity contribution in [3.8, 4) is 0 Å². The summed E-state index contributed by atoms with van der Waals surface area (Å²) in [6.07, 6.45) is 2.02. The van der Waals surface area contributed by atoms with Crippen LogP contribution >= 0.6 is 0 Å². The largest absolute Gasteiger partial charge is 0.297 e. The summed E-state index contributed by atoms with van der Waals surface area (Å²) >= 11 is 0. The highest BCUT2D eigenvalue weighted by Gasteiger charge is 2.47. The molecule has 0 N–H and O–H groups in total. The van der Waals surface area contributed by atoms with Gasteiger partial charge in [-0.3, -0.25) is 9.69 Å². The summed E-state index contributed by atoms with van der Waals surface area (Å²) in [5.41, 5.74) is 1.09. The molecule has 1 aromatic rings. The highest BCUT2D eigenvalue weighted by atomic mass is 16.1. The number of hydrogen-bond acceptors (Lipinski definition) is 2. The van der Waals surface area contributed by atoms with Gasteiger partial charge in [-0.1, -0.05) is 30.3 Å². The number of nitrogens with zero attached hydrogens (tertiary/aromatic N) is 1. The van der Waals surface area contributed by atoms with Crippen LogP contribution < -0.4 is 0 Å². The van der Waals surface area contributed by atoms with Crippen molar-refractivity contribution in [3.63, 3.8) is 0 Å². The summed E-state index contributed by atoms with van der Waals surface area (Å²) in [5.74, 6) is 0.422. The van der Waals surface area contributed by atoms with Crippen LogP contribution in [-0.4, -0.2) is 30.3 Å². The lowest BCUT2D eigenvalue weighted by Crippen LogP contribution is -2.57. The molecule has 3 aliphatic rings. The third kappa shape index (κ3) is 1.25. The van der Waals surface area contributed by atoms with E-state index in [9.17, 15) is 4.79 Å². The molecule has 2 nitrogen and oxygen atoms in total. The monoisotopic (exact) mass is 201 g/mol. The van der Waals surface area contributed by atoms with Crippen molar-refractivity contribution in [2.75, 3.05) is 19.6 Å². The summed E-state index contributed by atoms with van der Waals surface area (Å²) in [6, 6.07) is 10.3. The lowest BCUT2D eigenvalue weighted by atomic mass is 9.67. The van der Waals surface area contributed by atoms with Crippen molar-refractivity contribution in [1.29, 1.82) is 0 Å². The highest BCUT2D eigenvalue weighted by Crippen LogP contribution is 2.40.